The number of hydrogen-bond acceptors (Lipinski definition) is 5. The van der Waals surface area contributed by atoms with Crippen LogP contribution in [0.15, 0.2) is 18.2 Å². The van der Waals surface area contributed by atoms with Gasteiger partial charge in [0.1, 0.15) is 6.61 Å². The first-order chi connectivity index (χ1) is 9.98. The van der Waals surface area contributed by atoms with E-state index in [2.05, 4.69) is 5.32 Å². The lowest BCUT2D eigenvalue weighted by atomic mass is 10.1. The van der Waals surface area contributed by atoms with Crippen LogP contribution < -0.4 is 10.1 Å². The molecule has 0 radical (unpaired) electrons. The van der Waals surface area contributed by atoms with Crippen molar-refractivity contribution in [1.82, 2.24) is 4.90 Å². The number of fused-ring (bicyclic) bond motifs is 1. The van der Waals surface area contributed by atoms with Gasteiger partial charge in [-0.25, -0.2) is 8.42 Å². The monoisotopic (exact) mass is 310 g/mol. The maximum Gasteiger partial charge on any atom is 0.258 e. The summed E-state index contributed by atoms with van der Waals surface area (Å²) in [4.78, 5) is 14.3. The zero-order valence-electron chi connectivity index (χ0n) is 11.8. The molecule has 0 aromatic heterocycles. The van der Waals surface area contributed by atoms with Crippen LogP contribution in [-0.4, -0.2) is 56.5 Å². The molecule has 1 fully saturated rings. The Morgan fingerprint density at radius 3 is 3.00 bits per heavy atom. The van der Waals surface area contributed by atoms with Gasteiger partial charge in [0.2, 0.25) is 0 Å². The highest BCUT2D eigenvalue weighted by molar-refractivity contribution is 7.91. The Labute approximate surface area is 124 Å². The third kappa shape index (κ3) is 2.70. The number of para-hydroxylation sites is 1. The number of rotatable bonds is 1. The molecule has 21 heavy (non-hydrogen) atoms. The van der Waals surface area contributed by atoms with Crippen LogP contribution >= 0.6 is 0 Å². The van der Waals surface area contributed by atoms with E-state index in [1.165, 1.54) is 0 Å². The Bertz CT molecular complexity index is 672. The van der Waals surface area contributed by atoms with E-state index in [4.69, 9.17) is 4.74 Å². The number of ether oxygens (including phenoxy) is 1. The highest BCUT2D eigenvalue weighted by atomic mass is 32.2. The first-order valence-electron chi connectivity index (χ1n) is 6.99. The first-order valence-corrected chi connectivity index (χ1v) is 8.81. The average molecular weight is 310 g/mol. The van der Waals surface area contributed by atoms with E-state index < -0.39 is 9.84 Å². The lowest BCUT2D eigenvalue weighted by molar-refractivity contribution is 0.0708. The number of sulfone groups is 1. The van der Waals surface area contributed by atoms with E-state index in [1.54, 1.807) is 24.0 Å². The van der Waals surface area contributed by atoms with Crippen LogP contribution in [-0.2, 0) is 9.84 Å². The van der Waals surface area contributed by atoms with E-state index >= 15 is 0 Å². The second-order valence-corrected chi connectivity index (χ2v) is 7.65. The smallest absolute Gasteiger partial charge is 0.258 e. The van der Waals surface area contributed by atoms with Gasteiger partial charge in [-0.3, -0.25) is 4.79 Å². The minimum absolute atomic E-state index is 0.0207. The molecule has 2 aliphatic rings. The maximum atomic E-state index is 12.7. The fourth-order valence-electron chi connectivity index (χ4n) is 2.79. The van der Waals surface area contributed by atoms with Crippen molar-refractivity contribution in [3.63, 3.8) is 0 Å². The second kappa shape index (κ2) is 5.22. The van der Waals surface area contributed by atoms with Crippen molar-refractivity contribution in [1.29, 1.82) is 0 Å². The van der Waals surface area contributed by atoms with Crippen molar-refractivity contribution in [3.05, 3.63) is 23.8 Å². The first kappa shape index (κ1) is 14.2. The molecule has 0 aliphatic carbocycles. The van der Waals surface area contributed by atoms with Gasteiger partial charge in [0.05, 0.1) is 22.8 Å². The molecule has 0 saturated carbocycles. The summed E-state index contributed by atoms with van der Waals surface area (Å²) in [6.45, 7) is 3.23. The summed E-state index contributed by atoms with van der Waals surface area (Å²) in [7, 11) is -3.04. The number of nitrogens with zero attached hydrogens (tertiary/aromatic N) is 1. The molecule has 0 bridgehead atoms. The summed E-state index contributed by atoms with van der Waals surface area (Å²) in [5.74, 6) is 0.441. The highest BCUT2D eigenvalue weighted by Gasteiger charge is 2.33. The van der Waals surface area contributed by atoms with Crippen molar-refractivity contribution >= 4 is 21.4 Å². The SMILES string of the molecule is CC1CS(=O)(=O)CCN1C(=O)c1cccc2c1OCCN2. The molecule has 1 N–H and O–H groups in total. The zero-order chi connectivity index (χ0) is 15.0. The van der Waals surface area contributed by atoms with Gasteiger partial charge in [0, 0.05) is 19.1 Å². The van der Waals surface area contributed by atoms with Crippen LogP contribution in [0.1, 0.15) is 17.3 Å². The van der Waals surface area contributed by atoms with E-state index in [-0.39, 0.29) is 30.0 Å². The van der Waals surface area contributed by atoms with Crippen LogP contribution in [0.4, 0.5) is 5.69 Å². The van der Waals surface area contributed by atoms with Gasteiger partial charge in [0.15, 0.2) is 15.6 Å². The van der Waals surface area contributed by atoms with Gasteiger partial charge in [-0.05, 0) is 19.1 Å². The number of benzene rings is 1. The predicted molar refractivity (Wildman–Crippen MR) is 79.6 cm³/mol. The molecule has 3 rings (SSSR count). The molecule has 114 valence electrons. The highest BCUT2D eigenvalue weighted by Crippen LogP contribution is 2.32. The Balaban J connectivity index is 1.89. The molecule has 1 amide bonds. The molecule has 1 aromatic rings. The quantitative estimate of drug-likeness (QED) is 0.828. The topological polar surface area (TPSA) is 75.7 Å². The van der Waals surface area contributed by atoms with Crippen LogP contribution in [0.5, 0.6) is 5.75 Å². The summed E-state index contributed by atoms with van der Waals surface area (Å²) < 4.78 is 28.9. The van der Waals surface area contributed by atoms with Crippen LogP contribution in [0, 0.1) is 0 Å². The van der Waals surface area contributed by atoms with E-state index in [9.17, 15) is 13.2 Å². The lowest BCUT2D eigenvalue weighted by Gasteiger charge is -2.34. The Morgan fingerprint density at radius 2 is 2.24 bits per heavy atom. The van der Waals surface area contributed by atoms with Crippen molar-refractivity contribution in [3.8, 4) is 5.75 Å². The molecule has 7 heteroatoms. The number of carbonyl (C=O) groups excluding carboxylic acids is 1. The molecule has 2 aliphatic heterocycles. The van der Waals surface area contributed by atoms with Gasteiger partial charge < -0.3 is 15.0 Å². The lowest BCUT2D eigenvalue weighted by Crippen LogP contribution is -2.49. The number of hydrogen-bond donors (Lipinski definition) is 1. The summed E-state index contributed by atoms with van der Waals surface area (Å²) in [5.41, 5.74) is 1.30. The third-order valence-corrected chi connectivity index (χ3v) is 5.64. The standard InChI is InChI=1S/C14H18N2O4S/c1-10-9-21(18,19)8-6-16(10)14(17)11-3-2-4-12-13(11)20-7-5-15-12/h2-4,10,15H,5-9H2,1H3. The Kier molecular flexibility index (Phi) is 3.52. The van der Waals surface area contributed by atoms with Gasteiger partial charge in [-0.15, -0.1) is 0 Å². The average Bonchev–Trinajstić information content (AvgIpc) is 2.45. The number of carbonyl (C=O) groups is 1. The fourth-order valence-corrected chi connectivity index (χ4v) is 4.35. The number of anilines is 1. The normalized spacial score (nSPS) is 23.7. The van der Waals surface area contributed by atoms with Gasteiger partial charge in [-0.2, -0.15) is 0 Å². The predicted octanol–water partition coefficient (Wildman–Crippen LogP) is 0.750. The molecule has 2 heterocycles. The molecule has 1 aromatic carbocycles. The molecule has 1 saturated heterocycles. The minimum Gasteiger partial charge on any atom is -0.489 e. The van der Waals surface area contributed by atoms with Gasteiger partial charge in [-0.1, -0.05) is 6.07 Å². The minimum atomic E-state index is -3.04. The van der Waals surface area contributed by atoms with Crippen LogP contribution in [0.25, 0.3) is 0 Å². The summed E-state index contributed by atoms with van der Waals surface area (Å²) in [6.07, 6.45) is 0. The van der Waals surface area contributed by atoms with Crippen molar-refractivity contribution < 1.29 is 17.9 Å². The van der Waals surface area contributed by atoms with Crippen molar-refractivity contribution in [2.75, 3.05) is 36.5 Å². The van der Waals surface area contributed by atoms with Crippen LogP contribution in [0.2, 0.25) is 0 Å². The Hall–Kier alpha value is -1.76. The molecule has 1 unspecified atom stereocenters. The summed E-state index contributed by atoms with van der Waals surface area (Å²) >= 11 is 0. The van der Waals surface area contributed by atoms with E-state index in [0.29, 0.717) is 24.5 Å². The van der Waals surface area contributed by atoms with E-state index in [1.807, 2.05) is 6.07 Å². The van der Waals surface area contributed by atoms with Crippen molar-refractivity contribution in [2.45, 2.75) is 13.0 Å². The summed E-state index contributed by atoms with van der Waals surface area (Å²) in [6, 6.07) is 5.09. The maximum absolute atomic E-state index is 12.7. The largest absolute Gasteiger partial charge is 0.489 e. The zero-order valence-corrected chi connectivity index (χ0v) is 12.6. The molecule has 1 atom stereocenters. The van der Waals surface area contributed by atoms with Crippen molar-refractivity contribution in [2.24, 2.45) is 0 Å². The Morgan fingerprint density at radius 1 is 1.43 bits per heavy atom. The molecular formula is C14H18N2O4S. The van der Waals surface area contributed by atoms with Crippen LogP contribution in [0.3, 0.4) is 0 Å². The summed E-state index contributed by atoms with van der Waals surface area (Å²) in [5, 5.41) is 3.19. The van der Waals surface area contributed by atoms with Gasteiger partial charge in [0.25, 0.3) is 5.91 Å². The van der Waals surface area contributed by atoms with E-state index in [0.717, 1.165) is 5.69 Å². The van der Waals surface area contributed by atoms with Gasteiger partial charge >= 0.3 is 0 Å². The third-order valence-electron chi connectivity index (χ3n) is 3.84. The number of amides is 1. The molecular weight excluding hydrogens is 292 g/mol. The second-order valence-electron chi connectivity index (χ2n) is 5.42. The molecule has 6 nitrogen and oxygen atoms in total. The fraction of sp³-hybridized carbons (Fsp3) is 0.500. The number of nitrogens with one attached hydrogen (secondary N) is 1. The molecule has 0 spiro atoms.